The van der Waals surface area contributed by atoms with Crippen LogP contribution < -0.4 is 0 Å². The van der Waals surface area contributed by atoms with Crippen molar-refractivity contribution in [2.45, 2.75) is 18.4 Å². The maximum atomic E-state index is 6.10. The lowest BCUT2D eigenvalue weighted by Crippen LogP contribution is -2.30. The molecule has 1 aliphatic heterocycles. The van der Waals surface area contributed by atoms with Gasteiger partial charge in [-0.25, -0.2) is 4.98 Å². The fourth-order valence-corrected chi connectivity index (χ4v) is 2.94. The molecule has 1 aromatic carbocycles. The molecule has 0 amide bonds. The van der Waals surface area contributed by atoms with Gasteiger partial charge in [0.15, 0.2) is 0 Å². The molecule has 0 aliphatic carbocycles. The Kier molecular flexibility index (Phi) is 4.07. The Balaban J connectivity index is 1.76. The second-order valence-electron chi connectivity index (χ2n) is 4.56. The minimum Gasteiger partial charge on any atom is -0.342 e. The Labute approximate surface area is 130 Å². The van der Waals surface area contributed by atoms with E-state index in [-0.39, 0.29) is 6.10 Å². The summed E-state index contributed by atoms with van der Waals surface area (Å²) in [5.41, 5.74) is 0.944. The van der Waals surface area contributed by atoms with Gasteiger partial charge in [0.25, 0.3) is 0 Å². The van der Waals surface area contributed by atoms with Gasteiger partial charge in [-0.1, -0.05) is 39.7 Å². The molecule has 20 heavy (non-hydrogen) atoms. The second-order valence-corrected chi connectivity index (χ2v) is 5.56. The van der Waals surface area contributed by atoms with Crippen molar-refractivity contribution in [1.29, 1.82) is 0 Å². The Morgan fingerprint density at radius 3 is 2.85 bits per heavy atom. The molecule has 0 radical (unpaired) electrons. The molecule has 0 N–H and O–H groups in total. The SMILES string of the molecule is Clc1ccc([C@@]2(CBr)OC[C@H](Cn3cncn3)O2)cc1. The highest BCUT2D eigenvalue weighted by molar-refractivity contribution is 9.09. The van der Waals surface area contributed by atoms with Gasteiger partial charge in [0, 0.05) is 10.6 Å². The first-order valence-electron chi connectivity index (χ1n) is 6.18. The fraction of sp³-hybridized carbons (Fsp3) is 0.385. The third-order valence-corrected chi connectivity index (χ3v) is 4.17. The van der Waals surface area contributed by atoms with Crippen molar-refractivity contribution in [2.24, 2.45) is 0 Å². The molecule has 2 heterocycles. The van der Waals surface area contributed by atoms with Crippen molar-refractivity contribution in [3.8, 4) is 0 Å². The first-order chi connectivity index (χ1) is 9.72. The van der Waals surface area contributed by atoms with Gasteiger partial charge in [0.1, 0.15) is 18.8 Å². The predicted octanol–water partition coefficient (Wildman–Crippen LogP) is 2.59. The van der Waals surface area contributed by atoms with Gasteiger partial charge >= 0.3 is 0 Å². The van der Waals surface area contributed by atoms with Crippen LogP contribution in [0.25, 0.3) is 0 Å². The minimum atomic E-state index is -0.768. The van der Waals surface area contributed by atoms with E-state index in [9.17, 15) is 0 Å². The lowest BCUT2D eigenvalue weighted by atomic mass is 10.1. The third kappa shape index (κ3) is 2.74. The summed E-state index contributed by atoms with van der Waals surface area (Å²) in [6.07, 6.45) is 3.11. The maximum Gasteiger partial charge on any atom is 0.205 e. The van der Waals surface area contributed by atoms with Crippen molar-refractivity contribution < 1.29 is 9.47 Å². The van der Waals surface area contributed by atoms with E-state index < -0.39 is 5.79 Å². The molecule has 106 valence electrons. The number of aromatic nitrogens is 3. The summed E-state index contributed by atoms with van der Waals surface area (Å²) in [5.74, 6) is -0.768. The van der Waals surface area contributed by atoms with Crippen LogP contribution in [0.4, 0.5) is 0 Å². The summed E-state index contributed by atoms with van der Waals surface area (Å²) >= 11 is 9.39. The van der Waals surface area contributed by atoms with E-state index in [1.807, 2.05) is 24.3 Å². The van der Waals surface area contributed by atoms with Gasteiger partial charge < -0.3 is 9.47 Å². The van der Waals surface area contributed by atoms with Gasteiger partial charge in [-0.3, -0.25) is 4.68 Å². The average Bonchev–Trinajstić information content (AvgIpc) is 3.10. The van der Waals surface area contributed by atoms with E-state index in [0.29, 0.717) is 23.5 Å². The van der Waals surface area contributed by atoms with Crippen molar-refractivity contribution in [1.82, 2.24) is 14.8 Å². The average molecular weight is 359 g/mol. The molecule has 1 aromatic heterocycles. The maximum absolute atomic E-state index is 6.10. The number of benzene rings is 1. The zero-order valence-corrected chi connectivity index (χ0v) is 12.9. The first-order valence-corrected chi connectivity index (χ1v) is 7.68. The molecular formula is C13H13BrClN3O2. The third-order valence-electron chi connectivity index (χ3n) is 3.18. The zero-order valence-electron chi connectivity index (χ0n) is 10.6. The van der Waals surface area contributed by atoms with Crippen LogP contribution in [-0.2, 0) is 21.8 Å². The molecule has 0 saturated carbocycles. The van der Waals surface area contributed by atoms with Crippen LogP contribution in [0.3, 0.4) is 0 Å². The summed E-state index contributed by atoms with van der Waals surface area (Å²) in [6.45, 7) is 1.12. The van der Waals surface area contributed by atoms with Gasteiger partial charge in [0.2, 0.25) is 5.79 Å². The van der Waals surface area contributed by atoms with Crippen molar-refractivity contribution >= 4 is 27.5 Å². The molecular weight excluding hydrogens is 346 g/mol. The first kappa shape index (κ1) is 14.0. The zero-order chi connectivity index (χ0) is 14.0. The molecule has 0 spiro atoms. The van der Waals surface area contributed by atoms with E-state index in [0.717, 1.165) is 5.56 Å². The Hall–Kier alpha value is -0.950. The number of nitrogens with zero attached hydrogens (tertiary/aromatic N) is 3. The summed E-state index contributed by atoms with van der Waals surface area (Å²) in [7, 11) is 0. The van der Waals surface area contributed by atoms with Crippen LogP contribution in [0.5, 0.6) is 0 Å². The van der Waals surface area contributed by atoms with E-state index >= 15 is 0 Å². The molecule has 0 bridgehead atoms. The van der Waals surface area contributed by atoms with Crippen LogP contribution in [0.2, 0.25) is 5.02 Å². The van der Waals surface area contributed by atoms with Crippen LogP contribution in [0, 0.1) is 0 Å². The van der Waals surface area contributed by atoms with Gasteiger partial charge in [0.05, 0.1) is 18.5 Å². The molecule has 3 rings (SSSR count). The molecule has 0 unspecified atom stereocenters. The Bertz CT molecular complexity index is 564. The Morgan fingerprint density at radius 2 is 2.20 bits per heavy atom. The normalized spacial score (nSPS) is 26.0. The predicted molar refractivity (Wildman–Crippen MR) is 77.8 cm³/mol. The van der Waals surface area contributed by atoms with Crippen molar-refractivity contribution in [3.63, 3.8) is 0 Å². The number of halogens is 2. The molecule has 2 atom stereocenters. The van der Waals surface area contributed by atoms with Crippen LogP contribution in [0.15, 0.2) is 36.9 Å². The smallest absolute Gasteiger partial charge is 0.205 e. The molecule has 1 fully saturated rings. The highest BCUT2D eigenvalue weighted by Gasteiger charge is 2.42. The van der Waals surface area contributed by atoms with Gasteiger partial charge in [-0.2, -0.15) is 5.10 Å². The number of ether oxygens (including phenoxy) is 2. The van der Waals surface area contributed by atoms with E-state index in [1.54, 1.807) is 11.0 Å². The van der Waals surface area contributed by atoms with E-state index in [4.69, 9.17) is 21.1 Å². The lowest BCUT2D eigenvalue weighted by molar-refractivity contribution is -0.158. The standard InChI is InChI=1S/C13H13BrClN3O2/c14-7-13(10-1-3-11(15)4-2-10)19-6-12(20-13)5-18-9-16-8-17-18/h1-4,8-9,12H,5-7H2/t12-,13-/m0/s1. The summed E-state index contributed by atoms with van der Waals surface area (Å²) < 4.78 is 13.7. The molecule has 2 aromatic rings. The van der Waals surface area contributed by atoms with Gasteiger partial charge in [-0.15, -0.1) is 0 Å². The fourth-order valence-electron chi connectivity index (χ4n) is 2.19. The van der Waals surface area contributed by atoms with Crippen molar-refractivity contribution in [3.05, 3.63) is 47.5 Å². The summed E-state index contributed by atoms with van der Waals surface area (Å²) in [5, 5.41) is 5.32. The van der Waals surface area contributed by atoms with Crippen LogP contribution in [-0.4, -0.2) is 32.8 Å². The Morgan fingerprint density at radius 1 is 1.40 bits per heavy atom. The summed E-state index contributed by atoms with van der Waals surface area (Å²) in [6, 6.07) is 7.50. The summed E-state index contributed by atoms with van der Waals surface area (Å²) in [4.78, 5) is 3.92. The largest absolute Gasteiger partial charge is 0.342 e. The van der Waals surface area contributed by atoms with E-state index in [2.05, 4.69) is 26.0 Å². The number of hydrogen-bond donors (Lipinski definition) is 0. The molecule has 1 saturated heterocycles. The topological polar surface area (TPSA) is 49.2 Å². The molecule has 1 aliphatic rings. The van der Waals surface area contributed by atoms with Gasteiger partial charge in [-0.05, 0) is 12.1 Å². The minimum absolute atomic E-state index is 0.0649. The van der Waals surface area contributed by atoms with E-state index in [1.165, 1.54) is 6.33 Å². The quantitative estimate of drug-likeness (QED) is 0.788. The second kappa shape index (κ2) is 5.81. The molecule has 5 nitrogen and oxygen atoms in total. The molecule has 7 heteroatoms. The number of alkyl halides is 1. The van der Waals surface area contributed by atoms with Crippen LogP contribution >= 0.6 is 27.5 Å². The van der Waals surface area contributed by atoms with Crippen molar-refractivity contribution in [2.75, 3.05) is 11.9 Å². The lowest BCUT2D eigenvalue weighted by Gasteiger charge is -2.26. The van der Waals surface area contributed by atoms with Crippen LogP contribution in [0.1, 0.15) is 5.56 Å². The number of rotatable bonds is 4. The highest BCUT2D eigenvalue weighted by Crippen LogP contribution is 2.36. The monoisotopic (exact) mass is 357 g/mol. The highest BCUT2D eigenvalue weighted by atomic mass is 79.9. The number of hydrogen-bond acceptors (Lipinski definition) is 4.